The lowest BCUT2D eigenvalue weighted by Crippen LogP contribution is -1.94. The molecule has 0 aliphatic rings. The molecule has 12 heavy (non-hydrogen) atoms. The largest absolute Gasteiger partial charge is 0.460 e. The van der Waals surface area contributed by atoms with Crippen molar-refractivity contribution < 1.29 is 17.6 Å². The summed E-state index contributed by atoms with van der Waals surface area (Å²) in [6.07, 6.45) is 2.12. The standard InChI is InChI=1S/C7H8O4S/c1-5(8)7-3-6(4-11-7)12(2,9)10/h3-4H,1-2H3. The van der Waals surface area contributed by atoms with E-state index in [1.165, 1.54) is 13.0 Å². The SMILES string of the molecule is CC(=O)c1cc(S(C)(=O)=O)co1. The van der Waals surface area contributed by atoms with Crippen LogP contribution in [0.5, 0.6) is 0 Å². The molecule has 0 radical (unpaired) electrons. The minimum absolute atomic E-state index is 0.0349. The van der Waals surface area contributed by atoms with Crippen molar-refractivity contribution in [2.75, 3.05) is 6.26 Å². The van der Waals surface area contributed by atoms with Crippen LogP contribution >= 0.6 is 0 Å². The van der Waals surface area contributed by atoms with Crippen molar-refractivity contribution in [1.82, 2.24) is 0 Å². The highest BCUT2D eigenvalue weighted by Gasteiger charge is 2.13. The summed E-state index contributed by atoms with van der Waals surface area (Å²) in [4.78, 5) is 10.7. The van der Waals surface area contributed by atoms with Crippen LogP contribution in [-0.2, 0) is 9.84 Å². The average Bonchev–Trinajstić information content (AvgIpc) is 2.30. The maximum Gasteiger partial charge on any atom is 0.194 e. The summed E-state index contributed by atoms with van der Waals surface area (Å²) in [6.45, 7) is 1.31. The third kappa shape index (κ3) is 1.73. The molecular weight excluding hydrogens is 180 g/mol. The van der Waals surface area contributed by atoms with E-state index in [2.05, 4.69) is 0 Å². The van der Waals surface area contributed by atoms with Crippen LogP contribution in [0.1, 0.15) is 17.5 Å². The van der Waals surface area contributed by atoms with Crippen molar-refractivity contribution in [3.8, 4) is 0 Å². The molecular formula is C7H8O4S. The van der Waals surface area contributed by atoms with Crippen LogP contribution in [0, 0.1) is 0 Å². The Morgan fingerprint density at radius 3 is 2.33 bits per heavy atom. The van der Waals surface area contributed by atoms with Gasteiger partial charge < -0.3 is 4.42 Å². The summed E-state index contributed by atoms with van der Waals surface area (Å²) >= 11 is 0. The average molecular weight is 188 g/mol. The minimum Gasteiger partial charge on any atom is -0.460 e. The first-order valence-electron chi connectivity index (χ1n) is 3.21. The van der Waals surface area contributed by atoms with Crippen LogP contribution in [0.25, 0.3) is 0 Å². The van der Waals surface area contributed by atoms with Gasteiger partial charge in [0.25, 0.3) is 0 Å². The van der Waals surface area contributed by atoms with Gasteiger partial charge in [0, 0.05) is 19.2 Å². The van der Waals surface area contributed by atoms with Gasteiger partial charge in [-0.25, -0.2) is 8.42 Å². The van der Waals surface area contributed by atoms with Gasteiger partial charge in [0.2, 0.25) is 0 Å². The molecule has 0 saturated heterocycles. The molecule has 0 aliphatic carbocycles. The Balaban J connectivity index is 3.17. The van der Waals surface area contributed by atoms with Crippen molar-refractivity contribution in [1.29, 1.82) is 0 Å². The van der Waals surface area contributed by atoms with Gasteiger partial charge in [0.15, 0.2) is 21.4 Å². The topological polar surface area (TPSA) is 64.3 Å². The smallest absolute Gasteiger partial charge is 0.194 e. The number of carbonyl (C=O) groups excluding carboxylic acids is 1. The number of furan rings is 1. The predicted octanol–water partition coefficient (Wildman–Crippen LogP) is 0.886. The molecule has 1 aromatic heterocycles. The van der Waals surface area contributed by atoms with Crippen LogP contribution < -0.4 is 0 Å². The molecule has 0 bridgehead atoms. The normalized spacial score (nSPS) is 11.5. The van der Waals surface area contributed by atoms with E-state index in [9.17, 15) is 13.2 Å². The molecule has 0 fully saturated rings. The molecule has 0 atom stereocenters. The molecule has 0 amide bonds. The van der Waals surface area contributed by atoms with E-state index < -0.39 is 9.84 Å². The lowest BCUT2D eigenvalue weighted by atomic mass is 10.3. The molecule has 1 aromatic rings. The summed E-state index contributed by atoms with van der Waals surface area (Å²) in [6, 6.07) is 1.22. The fraction of sp³-hybridized carbons (Fsp3) is 0.286. The first-order valence-corrected chi connectivity index (χ1v) is 5.10. The van der Waals surface area contributed by atoms with Crippen LogP contribution in [-0.4, -0.2) is 20.5 Å². The number of ketones is 1. The molecule has 5 heteroatoms. The Kier molecular flexibility index (Phi) is 2.06. The first kappa shape index (κ1) is 8.99. The van der Waals surface area contributed by atoms with Crippen LogP contribution in [0.2, 0.25) is 0 Å². The number of hydrogen-bond acceptors (Lipinski definition) is 4. The van der Waals surface area contributed by atoms with Crippen LogP contribution in [0.3, 0.4) is 0 Å². The fourth-order valence-electron chi connectivity index (χ4n) is 0.698. The number of Topliss-reactive ketones (excluding diaryl/α,β-unsaturated/α-hetero) is 1. The van der Waals surface area contributed by atoms with Gasteiger partial charge >= 0.3 is 0 Å². The van der Waals surface area contributed by atoms with E-state index >= 15 is 0 Å². The van der Waals surface area contributed by atoms with E-state index in [0.29, 0.717) is 0 Å². The summed E-state index contributed by atoms with van der Waals surface area (Å²) in [5, 5.41) is 0. The van der Waals surface area contributed by atoms with E-state index in [1.54, 1.807) is 0 Å². The molecule has 0 saturated carbocycles. The van der Waals surface area contributed by atoms with Crippen molar-refractivity contribution in [3.63, 3.8) is 0 Å². The van der Waals surface area contributed by atoms with Crippen LogP contribution in [0.4, 0.5) is 0 Å². The Bertz CT molecular complexity index is 399. The summed E-state index contributed by atoms with van der Waals surface area (Å²) < 4.78 is 26.5. The Morgan fingerprint density at radius 2 is 2.08 bits per heavy atom. The number of sulfone groups is 1. The Morgan fingerprint density at radius 1 is 1.50 bits per heavy atom. The third-order valence-corrected chi connectivity index (χ3v) is 2.42. The van der Waals surface area contributed by atoms with Gasteiger partial charge in [-0.05, 0) is 0 Å². The van der Waals surface area contributed by atoms with E-state index in [0.717, 1.165) is 12.5 Å². The maximum absolute atomic E-state index is 10.9. The van der Waals surface area contributed by atoms with Crippen LogP contribution in [0.15, 0.2) is 21.6 Å². The fourth-order valence-corrected chi connectivity index (χ4v) is 1.24. The predicted molar refractivity (Wildman–Crippen MR) is 41.8 cm³/mol. The third-order valence-electron chi connectivity index (χ3n) is 1.35. The second kappa shape index (κ2) is 2.75. The summed E-state index contributed by atoms with van der Waals surface area (Å²) in [5.74, 6) is -0.222. The summed E-state index contributed by atoms with van der Waals surface area (Å²) in [7, 11) is -3.26. The van der Waals surface area contributed by atoms with E-state index in [-0.39, 0.29) is 16.4 Å². The molecule has 66 valence electrons. The van der Waals surface area contributed by atoms with Gasteiger partial charge in [0.1, 0.15) is 11.2 Å². The zero-order chi connectivity index (χ0) is 9.35. The highest BCUT2D eigenvalue weighted by molar-refractivity contribution is 7.90. The highest BCUT2D eigenvalue weighted by atomic mass is 32.2. The molecule has 0 unspecified atom stereocenters. The minimum atomic E-state index is -3.26. The molecule has 0 aliphatic heterocycles. The lowest BCUT2D eigenvalue weighted by Gasteiger charge is -1.86. The quantitative estimate of drug-likeness (QED) is 0.646. The zero-order valence-electron chi connectivity index (χ0n) is 6.70. The van der Waals surface area contributed by atoms with E-state index in [1.807, 2.05) is 0 Å². The van der Waals surface area contributed by atoms with Gasteiger partial charge in [0.05, 0.1) is 0 Å². The monoisotopic (exact) mass is 188 g/mol. The summed E-state index contributed by atoms with van der Waals surface area (Å²) in [5.41, 5.74) is 0. The van der Waals surface area contributed by atoms with Gasteiger partial charge in [-0.15, -0.1) is 0 Å². The molecule has 0 spiro atoms. The Hall–Kier alpha value is -1.10. The van der Waals surface area contributed by atoms with Crippen molar-refractivity contribution in [3.05, 3.63) is 18.1 Å². The van der Waals surface area contributed by atoms with Gasteiger partial charge in [-0.3, -0.25) is 4.79 Å². The van der Waals surface area contributed by atoms with Crippen molar-refractivity contribution >= 4 is 15.6 Å². The molecule has 4 nitrogen and oxygen atoms in total. The second-order valence-corrected chi connectivity index (χ2v) is 4.49. The zero-order valence-corrected chi connectivity index (χ0v) is 7.51. The lowest BCUT2D eigenvalue weighted by molar-refractivity contribution is 0.0987. The van der Waals surface area contributed by atoms with Gasteiger partial charge in [-0.2, -0.15) is 0 Å². The first-order chi connectivity index (χ1) is 5.41. The number of carbonyl (C=O) groups is 1. The van der Waals surface area contributed by atoms with Gasteiger partial charge in [-0.1, -0.05) is 0 Å². The van der Waals surface area contributed by atoms with Crippen molar-refractivity contribution in [2.24, 2.45) is 0 Å². The molecule has 0 N–H and O–H groups in total. The Labute approximate surface area is 70.1 Å². The second-order valence-electron chi connectivity index (χ2n) is 2.48. The number of hydrogen-bond donors (Lipinski definition) is 0. The maximum atomic E-state index is 10.9. The molecule has 1 rings (SSSR count). The molecule has 1 heterocycles. The molecule has 0 aromatic carbocycles. The van der Waals surface area contributed by atoms with E-state index in [4.69, 9.17) is 4.42 Å². The highest BCUT2D eigenvalue weighted by Crippen LogP contribution is 2.13. The van der Waals surface area contributed by atoms with Crippen molar-refractivity contribution in [2.45, 2.75) is 11.8 Å². The number of rotatable bonds is 2.